The van der Waals surface area contributed by atoms with Gasteiger partial charge in [-0.3, -0.25) is 4.79 Å². The van der Waals surface area contributed by atoms with Gasteiger partial charge < -0.3 is 15.2 Å². The van der Waals surface area contributed by atoms with Crippen LogP contribution in [0.5, 0.6) is 0 Å². The Morgan fingerprint density at radius 2 is 2.04 bits per heavy atom. The van der Waals surface area contributed by atoms with Crippen LogP contribution in [-0.4, -0.2) is 23.6 Å². The van der Waals surface area contributed by atoms with Crippen molar-refractivity contribution in [3.8, 4) is 0 Å². The Balaban J connectivity index is 1.76. The second-order valence-corrected chi connectivity index (χ2v) is 6.13. The van der Waals surface area contributed by atoms with Gasteiger partial charge in [-0.1, -0.05) is 29.8 Å². The lowest BCUT2D eigenvalue weighted by molar-refractivity contribution is 0.585. The second-order valence-electron chi connectivity index (χ2n) is 5.69. The number of nitrogens with zero attached hydrogens (tertiary/aromatic N) is 2. The molecule has 0 saturated carbocycles. The minimum Gasteiger partial charge on any atom is -0.357 e. The first-order valence-corrected chi connectivity index (χ1v) is 8.99. The largest absolute Gasteiger partial charge is 0.357 e. The fourth-order valence-electron chi connectivity index (χ4n) is 2.41. The minimum atomic E-state index is 0.0480. The van der Waals surface area contributed by atoms with E-state index in [2.05, 4.69) is 15.6 Å². The molecule has 0 unspecified atom stereocenters. The number of aryl methyl sites for hydroxylation is 1. The Hall–Kier alpha value is -2.27. The van der Waals surface area contributed by atoms with Crippen LogP contribution in [-0.2, 0) is 13.1 Å². The van der Waals surface area contributed by atoms with Crippen LogP contribution < -0.4 is 16.2 Å². The molecule has 1 heterocycles. The highest BCUT2D eigenvalue weighted by molar-refractivity contribution is 6.30. The Kier molecular flexibility index (Phi) is 8.05. The number of hydrogen-bond donors (Lipinski definition) is 2. The van der Waals surface area contributed by atoms with Crippen LogP contribution in [0.2, 0.25) is 5.02 Å². The molecule has 5 nitrogen and oxygen atoms in total. The maximum absolute atomic E-state index is 11.6. The summed E-state index contributed by atoms with van der Waals surface area (Å²) in [5, 5.41) is 7.28. The number of rotatable bonds is 8. The molecule has 0 amide bonds. The Morgan fingerprint density at radius 3 is 2.80 bits per heavy atom. The van der Waals surface area contributed by atoms with Gasteiger partial charge in [0.1, 0.15) is 0 Å². The highest BCUT2D eigenvalue weighted by Gasteiger charge is 1.99. The number of guanidine groups is 1. The number of hydrogen-bond acceptors (Lipinski definition) is 2. The SMILES string of the molecule is CCNC(=NCc1cccc(Cl)c1)NCCCCn1ccccc1=O. The van der Waals surface area contributed by atoms with Crippen LogP contribution in [0.4, 0.5) is 0 Å². The van der Waals surface area contributed by atoms with E-state index in [4.69, 9.17) is 11.6 Å². The van der Waals surface area contributed by atoms with Gasteiger partial charge in [0.15, 0.2) is 5.96 Å². The van der Waals surface area contributed by atoms with Crippen LogP contribution in [0.25, 0.3) is 0 Å². The summed E-state index contributed by atoms with van der Waals surface area (Å²) in [6.45, 7) is 4.97. The van der Waals surface area contributed by atoms with E-state index in [9.17, 15) is 4.79 Å². The molecule has 6 heteroatoms. The molecule has 0 aliphatic rings. The van der Waals surface area contributed by atoms with Crippen molar-refractivity contribution in [1.29, 1.82) is 0 Å². The first-order valence-electron chi connectivity index (χ1n) is 8.61. The monoisotopic (exact) mass is 360 g/mol. The Bertz CT molecular complexity index is 742. The Labute approximate surface area is 153 Å². The predicted molar refractivity (Wildman–Crippen MR) is 104 cm³/mol. The Morgan fingerprint density at radius 1 is 1.16 bits per heavy atom. The third-order valence-corrected chi connectivity index (χ3v) is 3.91. The highest BCUT2D eigenvalue weighted by atomic mass is 35.5. The molecule has 0 radical (unpaired) electrons. The molecule has 25 heavy (non-hydrogen) atoms. The lowest BCUT2D eigenvalue weighted by Crippen LogP contribution is -2.37. The van der Waals surface area contributed by atoms with Crippen LogP contribution in [0.1, 0.15) is 25.3 Å². The van der Waals surface area contributed by atoms with Gasteiger partial charge in [0.25, 0.3) is 0 Å². The van der Waals surface area contributed by atoms with Crippen molar-refractivity contribution >= 4 is 17.6 Å². The maximum Gasteiger partial charge on any atom is 0.250 e. The number of aliphatic imine (C=N–C) groups is 1. The first-order chi connectivity index (χ1) is 12.2. The van der Waals surface area contributed by atoms with Gasteiger partial charge in [0, 0.05) is 36.9 Å². The third-order valence-electron chi connectivity index (χ3n) is 3.67. The van der Waals surface area contributed by atoms with Gasteiger partial charge in [-0.15, -0.1) is 0 Å². The van der Waals surface area contributed by atoms with Crippen LogP contribution in [0.3, 0.4) is 0 Å². The van der Waals surface area contributed by atoms with Crippen molar-refractivity contribution in [1.82, 2.24) is 15.2 Å². The van der Waals surface area contributed by atoms with E-state index >= 15 is 0 Å². The van der Waals surface area contributed by atoms with Gasteiger partial charge in [-0.25, -0.2) is 4.99 Å². The molecule has 0 spiro atoms. The molecule has 2 N–H and O–H groups in total. The number of unbranched alkanes of at least 4 members (excludes halogenated alkanes) is 1. The number of benzene rings is 1. The molecule has 0 aliphatic heterocycles. The van der Waals surface area contributed by atoms with Crippen LogP contribution in [0, 0.1) is 0 Å². The lowest BCUT2D eigenvalue weighted by Gasteiger charge is -2.11. The van der Waals surface area contributed by atoms with Crippen LogP contribution >= 0.6 is 11.6 Å². The summed E-state index contributed by atoms with van der Waals surface area (Å²) >= 11 is 6.00. The molecule has 0 bridgehead atoms. The third kappa shape index (κ3) is 7.01. The molecule has 0 saturated heterocycles. The van der Waals surface area contributed by atoms with E-state index in [0.717, 1.165) is 49.0 Å². The molecule has 1 aromatic heterocycles. The van der Waals surface area contributed by atoms with Gasteiger partial charge in [-0.05, 0) is 43.5 Å². The maximum atomic E-state index is 11.6. The van der Waals surface area contributed by atoms with E-state index in [1.165, 1.54) is 0 Å². The summed E-state index contributed by atoms with van der Waals surface area (Å²) in [4.78, 5) is 16.2. The van der Waals surface area contributed by atoms with Crippen molar-refractivity contribution in [2.75, 3.05) is 13.1 Å². The van der Waals surface area contributed by atoms with Crippen molar-refractivity contribution in [3.63, 3.8) is 0 Å². The number of halogens is 1. The molecular weight excluding hydrogens is 336 g/mol. The quantitative estimate of drug-likeness (QED) is 0.432. The van der Waals surface area contributed by atoms with Crippen molar-refractivity contribution in [3.05, 3.63) is 69.6 Å². The smallest absolute Gasteiger partial charge is 0.250 e. The second kappa shape index (κ2) is 10.6. The predicted octanol–water partition coefficient (Wildman–Crippen LogP) is 3.04. The van der Waals surface area contributed by atoms with Gasteiger partial charge in [-0.2, -0.15) is 0 Å². The van der Waals surface area contributed by atoms with Crippen molar-refractivity contribution in [2.24, 2.45) is 4.99 Å². The molecule has 0 aliphatic carbocycles. The number of nitrogens with one attached hydrogen (secondary N) is 2. The normalized spacial score (nSPS) is 11.4. The van der Waals surface area contributed by atoms with E-state index in [-0.39, 0.29) is 5.56 Å². The fraction of sp³-hybridized carbons (Fsp3) is 0.368. The van der Waals surface area contributed by atoms with Gasteiger partial charge in [0.05, 0.1) is 6.54 Å². The molecule has 1 aromatic carbocycles. The average molecular weight is 361 g/mol. The molecule has 2 rings (SSSR count). The van der Waals surface area contributed by atoms with E-state index in [1.54, 1.807) is 16.7 Å². The molecule has 0 atom stereocenters. The summed E-state index contributed by atoms with van der Waals surface area (Å²) in [6, 6.07) is 13.0. The van der Waals surface area contributed by atoms with E-state index < -0.39 is 0 Å². The molecular formula is C19H25ClN4O. The molecule has 134 valence electrons. The average Bonchev–Trinajstić information content (AvgIpc) is 2.61. The molecule has 2 aromatic rings. The van der Waals surface area contributed by atoms with E-state index in [1.807, 2.05) is 43.5 Å². The fourth-order valence-corrected chi connectivity index (χ4v) is 2.62. The van der Waals surface area contributed by atoms with Gasteiger partial charge >= 0.3 is 0 Å². The summed E-state index contributed by atoms with van der Waals surface area (Å²) < 4.78 is 1.73. The zero-order chi connectivity index (χ0) is 17.9. The summed E-state index contributed by atoms with van der Waals surface area (Å²) in [5.41, 5.74) is 1.13. The highest BCUT2D eigenvalue weighted by Crippen LogP contribution is 2.11. The summed E-state index contributed by atoms with van der Waals surface area (Å²) in [6.07, 6.45) is 3.72. The minimum absolute atomic E-state index is 0.0480. The number of pyridine rings is 1. The van der Waals surface area contributed by atoms with Crippen LogP contribution in [0.15, 0.2) is 58.4 Å². The summed E-state index contributed by atoms with van der Waals surface area (Å²) in [7, 11) is 0. The van der Waals surface area contributed by atoms with E-state index in [0.29, 0.717) is 6.54 Å². The lowest BCUT2D eigenvalue weighted by atomic mass is 10.2. The standard InChI is InChI=1S/C19H25ClN4O/c1-2-21-19(23-15-16-8-7-9-17(20)14-16)22-11-4-6-13-24-12-5-3-10-18(24)25/h3,5,7-10,12,14H,2,4,6,11,13,15H2,1H3,(H2,21,22,23). The topological polar surface area (TPSA) is 58.4 Å². The number of aromatic nitrogens is 1. The van der Waals surface area contributed by atoms with Gasteiger partial charge in [0.2, 0.25) is 5.56 Å². The first kappa shape index (κ1) is 19.1. The van der Waals surface area contributed by atoms with Crippen molar-refractivity contribution < 1.29 is 0 Å². The zero-order valence-corrected chi connectivity index (χ0v) is 15.3. The summed E-state index contributed by atoms with van der Waals surface area (Å²) in [5.74, 6) is 0.791. The molecule has 0 fully saturated rings. The van der Waals surface area contributed by atoms with Crippen molar-refractivity contribution in [2.45, 2.75) is 32.9 Å². The zero-order valence-electron chi connectivity index (χ0n) is 14.5.